The maximum Gasteiger partial charge on any atom is 0.308 e. The Kier molecular flexibility index (Phi) is 14.6. The molecular formula is C25H40O8. The number of carbonyl (C=O) groups excluding carboxylic acids is 2. The van der Waals surface area contributed by atoms with Gasteiger partial charge in [0.15, 0.2) is 5.78 Å². The fourth-order valence-corrected chi connectivity index (χ4v) is 2.82. The first-order chi connectivity index (χ1) is 15.7. The molecule has 0 radical (unpaired) electrons. The highest BCUT2D eigenvalue weighted by Gasteiger charge is 2.15. The molecule has 8 nitrogen and oxygen atoms in total. The molecule has 0 unspecified atom stereocenters. The highest BCUT2D eigenvalue weighted by molar-refractivity contribution is 5.95. The average Bonchev–Trinajstić information content (AvgIpc) is 2.74. The summed E-state index contributed by atoms with van der Waals surface area (Å²) in [5.41, 5.74) is 1.26. The molecule has 188 valence electrons. The van der Waals surface area contributed by atoms with Gasteiger partial charge in [-0.05, 0) is 57.9 Å². The molecule has 1 aromatic rings. The zero-order valence-corrected chi connectivity index (χ0v) is 20.8. The Balaban J connectivity index is 1.91. The van der Waals surface area contributed by atoms with Crippen LogP contribution in [0.1, 0.15) is 57.0 Å². The van der Waals surface area contributed by atoms with Crippen LogP contribution >= 0.6 is 0 Å². The second-order valence-corrected chi connectivity index (χ2v) is 8.36. The van der Waals surface area contributed by atoms with E-state index in [0.717, 1.165) is 23.3 Å². The first-order valence-corrected chi connectivity index (χ1v) is 11.5. The van der Waals surface area contributed by atoms with Gasteiger partial charge in [0.25, 0.3) is 0 Å². The zero-order chi connectivity index (χ0) is 24.5. The summed E-state index contributed by atoms with van der Waals surface area (Å²) in [6, 6.07) is 5.53. The van der Waals surface area contributed by atoms with Crippen molar-refractivity contribution < 1.29 is 38.0 Å². The van der Waals surface area contributed by atoms with Crippen LogP contribution in [0.4, 0.5) is 0 Å². The minimum atomic E-state index is -0.470. The number of hydrogen-bond donors (Lipinski definition) is 0. The maximum absolute atomic E-state index is 11.6. The van der Waals surface area contributed by atoms with Crippen LogP contribution < -0.4 is 4.74 Å². The molecule has 0 bridgehead atoms. The second-order valence-electron chi connectivity index (χ2n) is 8.36. The number of carbonyl (C=O) groups is 2. The van der Waals surface area contributed by atoms with Gasteiger partial charge in [0.05, 0.1) is 59.3 Å². The lowest BCUT2D eigenvalue weighted by molar-refractivity contribution is -0.156. The molecule has 0 aliphatic rings. The summed E-state index contributed by atoms with van der Waals surface area (Å²) in [7, 11) is 0. The summed E-state index contributed by atoms with van der Waals surface area (Å²) < 4.78 is 32.6. The van der Waals surface area contributed by atoms with E-state index in [1.807, 2.05) is 45.9 Å². The third-order valence-corrected chi connectivity index (χ3v) is 4.32. The van der Waals surface area contributed by atoms with E-state index in [1.165, 1.54) is 0 Å². The Morgan fingerprint density at radius 3 is 1.79 bits per heavy atom. The standard InChI is InChI=1S/C25H40O8/c1-6-21-19-22(7-8-23(21)20(2)26)32-18-17-31-16-15-30-14-13-29-12-11-28-10-9-24(27)33-25(3,4)5/h7-8,19H,6,9-18H2,1-5H3. The summed E-state index contributed by atoms with van der Waals surface area (Å²) in [5.74, 6) is 0.540. The molecule has 33 heavy (non-hydrogen) atoms. The number of ether oxygens (including phenoxy) is 6. The van der Waals surface area contributed by atoms with Crippen molar-refractivity contribution in [1.82, 2.24) is 0 Å². The van der Waals surface area contributed by atoms with Gasteiger partial charge < -0.3 is 28.4 Å². The van der Waals surface area contributed by atoms with Crippen LogP contribution in [0.15, 0.2) is 18.2 Å². The lowest BCUT2D eigenvalue weighted by Crippen LogP contribution is -2.24. The number of aryl methyl sites for hydroxylation is 1. The molecule has 0 aliphatic carbocycles. The Bertz CT molecular complexity index is 696. The summed E-state index contributed by atoms with van der Waals surface area (Å²) in [4.78, 5) is 23.1. The van der Waals surface area contributed by atoms with Gasteiger partial charge in [0.2, 0.25) is 0 Å². The van der Waals surface area contributed by atoms with Crippen molar-refractivity contribution in [3.05, 3.63) is 29.3 Å². The van der Waals surface area contributed by atoms with Crippen molar-refractivity contribution in [2.75, 3.05) is 59.5 Å². The lowest BCUT2D eigenvalue weighted by Gasteiger charge is -2.19. The van der Waals surface area contributed by atoms with E-state index in [4.69, 9.17) is 28.4 Å². The second kappa shape index (κ2) is 16.6. The van der Waals surface area contributed by atoms with Gasteiger partial charge in [-0.3, -0.25) is 9.59 Å². The predicted molar refractivity (Wildman–Crippen MR) is 125 cm³/mol. The quantitative estimate of drug-likeness (QED) is 0.183. The van der Waals surface area contributed by atoms with Crippen LogP contribution in [-0.4, -0.2) is 76.8 Å². The Morgan fingerprint density at radius 2 is 1.30 bits per heavy atom. The van der Waals surface area contributed by atoms with Gasteiger partial charge >= 0.3 is 5.97 Å². The van der Waals surface area contributed by atoms with Crippen molar-refractivity contribution in [2.24, 2.45) is 0 Å². The molecule has 0 aliphatic heterocycles. The smallest absolute Gasteiger partial charge is 0.308 e. The van der Waals surface area contributed by atoms with E-state index in [2.05, 4.69) is 0 Å². The molecule has 0 fully saturated rings. The van der Waals surface area contributed by atoms with Crippen LogP contribution in [0.2, 0.25) is 0 Å². The number of ketones is 1. The van der Waals surface area contributed by atoms with E-state index in [0.29, 0.717) is 59.5 Å². The van der Waals surface area contributed by atoms with Gasteiger partial charge in [-0.2, -0.15) is 0 Å². The Hall–Kier alpha value is -2.00. The highest BCUT2D eigenvalue weighted by atomic mass is 16.6. The third-order valence-electron chi connectivity index (χ3n) is 4.32. The number of rotatable bonds is 18. The zero-order valence-electron chi connectivity index (χ0n) is 20.8. The van der Waals surface area contributed by atoms with Crippen molar-refractivity contribution in [3.8, 4) is 5.75 Å². The Labute approximate surface area is 197 Å². The van der Waals surface area contributed by atoms with Crippen molar-refractivity contribution in [1.29, 1.82) is 0 Å². The monoisotopic (exact) mass is 468 g/mol. The topological polar surface area (TPSA) is 89.5 Å². The van der Waals surface area contributed by atoms with E-state index in [-0.39, 0.29) is 18.2 Å². The molecule has 0 aromatic heterocycles. The van der Waals surface area contributed by atoms with Crippen LogP contribution in [0.25, 0.3) is 0 Å². The molecule has 1 aromatic carbocycles. The van der Waals surface area contributed by atoms with Crippen molar-refractivity contribution in [2.45, 2.75) is 53.1 Å². The first kappa shape index (κ1) is 29.0. The minimum Gasteiger partial charge on any atom is -0.491 e. The maximum atomic E-state index is 11.6. The van der Waals surface area contributed by atoms with Crippen LogP contribution in [0, 0.1) is 0 Å². The summed E-state index contributed by atoms with van der Waals surface area (Å²) in [6.07, 6.45) is 1.02. The fourth-order valence-electron chi connectivity index (χ4n) is 2.82. The largest absolute Gasteiger partial charge is 0.491 e. The minimum absolute atomic E-state index is 0.0655. The summed E-state index contributed by atoms with van der Waals surface area (Å²) >= 11 is 0. The number of esters is 1. The van der Waals surface area contributed by atoms with Crippen molar-refractivity contribution >= 4 is 11.8 Å². The molecule has 0 spiro atoms. The molecule has 8 heteroatoms. The van der Waals surface area contributed by atoms with E-state index < -0.39 is 5.60 Å². The molecule has 0 saturated carbocycles. The van der Waals surface area contributed by atoms with Crippen LogP contribution in [0.3, 0.4) is 0 Å². The molecule has 1 rings (SSSR count). The molecule has 0 saturated heterocycles. The first-order valence-electron chi connectivity index (χ1n) is 11.5. The highest BCUT2D eigenvalue weighted by Crippen LogP contribution is 2.19. The van der Waals surface area contributed by atoms with Gasteiger partial charge in [0, 0.05) is 5.56 Å². The normalized spacial score (nSPS) is 11.4. The van der Waals surface area contributed by atoms with Crippen molar-refractivity contribution in [3.63, 3.8) is 0 Å². The number of Topliss-reactive ketones (excluding diaryl/α,β-unsaturated/α-hetero) is 1. The summed E-state index contributed by atoms with van der Waals surface area (Å²) in [5, 5.41) is 0. The lowest BCUT2D eigenvalue weighted by atomic mass is 10.0. The molecule has 0 amide bonds. The van der Waals surface area contributed by atoms with E-state index >= 15 is 0 Å². The molecular weight excluding hydrogens is 428 g/mol. The van der Waals surface area contributed by atoms with Gasteiger partial charge in [-0.15, -0.1) is 0 Å². The van der Waals surface area contributed by atoms with Gasteiger partial charge in [-0.1, -0.05) is 6.92 Å². The summed E-state index contributed by atoms with van der Waals surface area (Å²) in [6.45, 7) is 13.1. The molecule has 0 atom stereocenters. The SMILES string of the molecule is CCc1cc(OCCOCCOCCOCCOCCC(=O)OC(C)(C)C)ccc1C(C)=O. The fraction of sp³-hybridized carbons (Fsp3) is 0.680. The molecule has 0 heterocycles. The number of hydrogen-bond acceptors (Lipinski definition) is 8. The van der Waals surface area contributed by atoms with E-state index in [9.17, 15) is 9.59 Å². The number of benzene rings is 1. The van der Waals surface area contributed by atoms with Gasteiger partial charge in [0.1, 0.15) is 18.0 Å². The average molecular weight is 469 g/mol. The predicted octanol–water partition coefficient (Wildman–Crippen LogP) is 3.63. The Morgan fingerprint density at radius 1 is 0.788 bits per heavy atom. The van der Waals surface area contributed by atoms with Crippen LogP contribution in [-0.2, 0) is 34.9 Å². The molecule has 0 N–H and O–H groups in total. The van der Waals surface area contributed by atoms with Crippen LogP contribution in [0.5, 0.6) is 5.75 Å². The van der Waals surface area contributed by atoms with Gasteiger partial charge in [-0.25, -0.2) is 0 Å². The van der Waals surface area contributed by atoms with E-state index in [1.54, 1.807) is 6.92 Å². The third kappa shape index (κ3) is 14.7.